The molecule has 0 aliphatic carbocycles. The van der Waals surface area contributed by atoms with Crippen LogP contribution >= 0.6 is 15.9 Å². The van der Waals surface area contributed by atoms with E-state index in [1.807, 2.05) is 24.3 Å². The second kappa shape index (κ2) is 6.68. The fourth-order valence-corrected chi connectivity index (χ4v) is 2.87. The van der Waals surface area contributed by atoms with Crippen LogP contribution in [0, 0.1) is 0 Å². The number of hydrogen-bond acceptors (Lipinski definition) is 3. The summed E-state index contributed by atoms with van der Waals surface area (Å²) in [5.74, 6) is -0.169. The monoisotopic (exact) mass is 376 g/mol. The average molecular weight is 377 g/mol. The first kappa shape index (κ1) is 16.0. The lowest BCUT2D eigenvalue weighted by molar-refractivity contribution is -0.0230. The number of halogens is 1. The second-order valence-corrected chi connectivity index (χ2v) is 6.44. The molecular weight excluding hydrogens is 360 g/mol. The van der Waals surface area contributed by atoms with Gasteiger partial charge in [-0.05, 0) is 30.7 Å². The van der Waals surface area contributed by atoms with E-state index in [0.717, 1.165) is 10.0 Å². The molecule has 1 aliphatic rings. The topological polar surface area (TPSA) is 62.4 Å². The van der Waals surface area contributed by atoms with E-state index in [0.29, 0.717) is 31.0 Å². The fraction of sp³-hybridized carbons (Fsp3) is 0.294. The summed E-state index contributed by atoms with van der Waals surface area (Å²) in [6.45, 7) is 3.01. The summed E-state index contributed by atoms with van der Waals surface area (Å²) >= 11 is 3.41. The van der Waals surface area contributed by atoms with Crippen LogP contribution in [-0.4, -0.2) is 41.3 Å². The molecule has 1 N–H and O–H groups in total. The van der Waals surface area contributed by atoms with E-state index < -0.39 is 0 Å². The summed E-state index contributed by atoms with van der Waals surface area (Å²) in [5.41, 5.74) is 2.00. The number of morpholine rings is 1. The van der Waals surface area contributed by atoms with Gasteiger partial charge in [-0.3, -0.25) is 9.59 Å². The van der Waals surface area contributed by atoms with Gasteiger partial charge in [-0.2, -0.15) is 0 Å². The Kier molecular flexibility index (Phi) is 4.63. The molecule has 1 saturated heterocycles. The van der Waals surface area contributed by atoms with Crippen molar-refractivity contribution in [3.8, 4) is 0 Å². The molecule has 2 aromatic rings. The third-order valence-corrected chi connectivity index (χ3v) is 4.44. The Morgan fingerprint density at radius 1 is 1.30 bits per heavy atom. The molecule has 6 heteroatoms. The van der Waals surface area contributed by atoms with E-state index in [1.54, 1.807) is 17.2 Å². The average Bonchev–Trinajstić information content (AvgIpc) is 3.05. The van der Waals surface area contributed by atoms with Gasteiger partial charge in [-0.1, -0.05) is 28.1 Å². The highest BCUT2D eigenvalue weighted by Gasteiger charge is 2.27. The molecule has 23 heavy (non-hydrogen) atoms. The van der Waals surface area contributed by atoms with Crippen molar-refractivity contribution in [1.29, 1.82) is 0 Å². The highest BCUT2D eigenvalue weighted by atomic mass is 79.9. The van der Waals surface area contributed by atoms with Crippen molar-refractivity contribution in [1.82, 2.24) is 9.88 Å². The Morgan fingerprint density at radius 3 is 2.70 bits per heavy atom. The second-order valence-electron chi connectivity index (χ2n) is 5.52. The third-order valence-electron chi connectivity index (χ3n) is 3.92. The molecule has 1 aliphatic heterocycles. The first-order chi connectivity index (χ1) is 11.0. The predicted octanol–water partition coefficient (Wildman–Crippen LogP) is 3.19. The Labute approximate surface area is 142 Å². The normalized spacial score (nSPS) is 18.0. The lowest BCUT2D eigenvalue weighted by atomic mass is 10.1. The van der Waals surface area contributed by atoms with Crippen molar-refractivity contribution in [2.75, 3.05) is 19.7 Å². The maximum atomic E-state index is 12.6. The number of rotatable bonds is 3. The molecule has 0 unspecified atom stereocenters. The number of aromatic nitrogens is 1. The van der Waals surface area contributed by atoms with Gasteiger partial charge in [-0.15, -0.1) is 0 Å². The Morgan fingerprint density at radius 2 is 2.04 bits per heavy atom. The molecule has 1 atom stereocenters. The van der Waals surface area contributed by atoms with E-state index >= 15 is 0 Å². The molecule has 3 rings (SSSR count). The van der Waals surface area contributed by atoms with Gasteiger partial charge in [0, 0.05) is 22.8 Å². The molecule has 1 aromatic heterocycles. The zero-order valence-electron chi connectivity index (χ0n) is 12.7. The number of benzene rings is 1. The Hall–Kier alpha value is -1.92. The summed E-state index contributed by atoms with van der Waals surface area (Å²) in [4.78, 5) is 28.6. The summed E-state index contributed by atoms with van der Waals surface area (Å²) in [7, 11) is 0. The third kappa shape index (κ3) is 3.54. The van der Waals surface area contributed by atoms with Crippen molar-refractivity contribution in [3.63, 3.8) is 0 Å². The Balaban J connectivity index is 1.73. The van der Waals surface area contributed by atoms with E-state index in [9.17, 15) is 9.59 Å². The number of carbonyl (C=O) groups excluding carboxylic acids is 2. The van der Waals surface area contributed by atoms with Gasteiger partial charge in [0.2, 0.25) is 0 Å². The van der Waals surface area contributed by atoms with Crippen LogP contribution in [0.2, 0.25) is 0 Å². The molecule has 1 fully saturated rings. The number of amides is 1. The maximum Gasteiger partial charge on any atom is 0.270 e. The number of nitrogens with zero attached hydrogens (tertiary/aromatic N) is 1. The number of nitrogens with one attached hydrogen (secondary N) is 1. The highest BCUT2D eigenvalue weighted by Crippen LogP contribution is 2.24. The number of H-pyrrole nitrogens is 1. The smallest absolute Gasteiger partial charge is 0.270 e. The van der Waals surface area contributed by atoms with E-state index in [1.165, 1.54) is 6.92 Å². The minimum Gasteiger partial charge on any atom is -0.370 e. The first-order valence-corrected chi connectivity index (χ1v) is 8.19. The van der Waals surface area contributed by atoms with Crippen LogP contribution in [0.4, 0.5) is 0 Å². The van der Waals surface area contributed by atoms with Gasteiger partial charge in [0.15, 0.2) is 5.78 Å². The van der Waals surface area contributed by atoms with Gasteiger partial charge < -0.3 is 14.6 Å². The zero-order chi connectivity index (χ0) is 16.4. The number of ketones is 1. The molecule has 0 radical (unpaired) electrons. The van der Waals surface area contributed by atoms with Crippen LogP contribution in [0.25, 0.3) is 0 Å². The minimum absolute atomic E-state index is 0.0602. The molecule has 0 bridgehead atoms. The van der Waals surface area contributed by atoms with Gasteiger partial charge in [0.1, 0.15) is 11.8 Å². The molecule has 2 heterocycles. The van der Waals surface area contributed by atoms with Crippen molar-refractivity contribution in [2.45, 2.75) is 13.0 Å². The van der Waals surface area contributed by atoms with Gasteiger partial charge in [-0.25, -0.2) is 0 Å². The quantitative estimate of drug-likeness (QED) is 0.836. The highest BCUT2D eigenvalue weighted by molar-refractivity contribution is 9.10. The van der Waals surface area contributed by atoms with Crippen LogP contribution < -0.4 is 0 Å². The standard InChI is InChI=1S/C17H17BrN2O3/c1-11(21)13-8-15(19-9-13)17(22)20-6-7-23-16(10-20)12-2-4-14(18)5-3-12/h2-5,8-9,16,19H,6-7,10H2,1H3/t16-/m1/s1. The predicted molar refractivity (Wildman–Crippen MR) is 89.5 cm³/mol. The number of carbonyl (C=O) groups is 2. The fourth-order valence-electron chi connectivity index (χ4n) is 2.60. The summed E-state index contributed by atoms with van der Waals surface area (Å²) in [5, 5.41) is 0. The largest absolute Gasteiger partial charge is 0.370 e. The van der Waals surface area contributed by atoms with Crippen molar-refractivity contribution < 1.29 is 14.3 Å². The molecule has 5 nitrogen and oxygen atoms in total. The minimum atomic E-state index is -0.136. The molecule has 0 saturated carbocycles. The molecular formula is C17H17BrN2O3. The number of Topliss-reactive ketones (excluding diaryl/α,β-unsaturated/α-hetero) is 1. The molecule has 0 spiro atoms. The van der Waals surface area contributed by atoms with Crippen LogP contribution in [-0.2, 0) is 4.74 Å². The van der Waals surface area contributed by atoms with Crippen molar-refractivity contribution >= 4 is 27.6 Å². The van der Waals surface area contributed by atoms with Crippen LogP contribution in [0.1, 0.15) is 39.4 Å². The van der Waals surface area contributed by atoms with Gasteiger partial charge >= 0.3 is 0 Å². The van der Waals surface area contributed by atoms with E-state index in [-0.39, 0.29) is 17.8 Å². The molecule has 1 amide bonds. The van der Waals surface area contributed by atoms with Crippen LogP contribution in [0.3, 0.4) is 0 Å². The van der Waals surface area contributed by atoms with Gasteiger partial charge in [0.05, 0.1) is 13.2 Å². The van der Waals surface area contributed by atoms with Gasteiger partial charge in [0.25, 0.3) is 5.91 Å². The Bertz CT molecular complexity index is 724. The molecule has 1 aromatic carbocycles. The SMILES string of the molecule is CC(=O)c1c[nH]c(C(=O)N2CCO[C@@H](c3ccc(Br)cc3)C2)c1. The number of aromatic amines is 1. The van der Waals surface area contributed by atoms with Crippen LogP contribution in [0.15, 0.2) is 41.0 Å². The molecule has 120 valence electrons. The van der Waals surface area contributed by atoms with E-state index in [4.69, 9.17) is 4.74 Å². The summed E-state index contributed by atoms with van der Waals surface area (Å²) in [6, 6.07) is 9.51. The maximum absolute atomic E-state index is 12.6. The lowest BCUT2D eigenvalue weighted by Gasteiger charge is -2.33. The number of hydrogen-bond donors (Lipinski definition) is 1. The lowest BCUT2D eigenvalue weighted by Crippen LogP contribution is -2.42. The number of ether oxygens (including phenoxy) is 1. The van der Waals surface area contributed by atoms with Crippen molar-refractivity contribution in [3.05, 3.63) is 57.8 Å². The van der Waals surface area contributed by atoms with Crippen LogP contribution in [0.5, 0.6) is 0 Å². The van der Waals surface area contributed by atoms with Crippen molar-refractivity contribution in [2.24, 2.45) is 0 Å². The zero-order valence-corrected chi connectivity index (χ0v) is 14.3. The summed E-state index contributed by atoms with van der Waals surface area (Å²) < 4.78 is 6.80. The summed E-state index contributed by atoms with van der Waals surface area (Å²) in [6.07, 6.45) is 1.44. The van der Waals surface area contributed by atoms with E-state index in [2.05, 4.69) is 20.9 Å². The first-order valence-electron chi connectivity index (χ1n) is 7.40.